The van der Waals surface area contributed by atoms with E-state index in [0.29, 0.717) is 4.47 Å². The van der Waals surface area contributed by atoms with Crippen molar-refractivity contribution in [2.75, 3.05) is 5.32 Å². The van der Waals surface area contributed by atoms with Crippen LogP contribution in [0.3, 0.4) is 0 Å². The number of hydrogen-bond acceptors (Lipinski definition) is 5. The van der Waals surface area contributed by atoms with E-state index in [0.717, 1.165) is 11.8 Å². The predicted molar refractivity (Wildman–Crippen MR) is 78.8 cm³/mol. The average molecular weight is 352 g/mol. The second-order valence-electron chi connectivity index (χ2n) is 3.97. The SMILES string of the molecule is O=C(Nc1ncc([N+](=O)[O-])cc1Br)OCc1ccccc1. The standard InChI is InChI=1S/C13H10BrN3O4/c14-11-6-10(17(19)20)7-15-12(11)16-13(18)21-8-9-4-2-1-3-5-9/h1-7H,8H2,(H,15,16,18). The van der Waals surface area contributed by atoms with Gasteiger partial charge in [0.15, 0.2) is 0 Å². The van der Waals surface area contributed by atoms with Crippen molar-refractivity contribution in [1.29, 1.82) is 0 Å². The fraction of sp³-hybridized carbons (Fsp3) is 0.0769. The van der Waals surface area contributed by atoms with E-state index in [1.54, 1.807) is 0 Å². The lowest BCUT2D eigenvalue weighted by Gasteiger charge is -2.07. The van der Waals surface area contributed by atoms with E-state index < -0.39 is 11.0 Å². The zero-order chi connectivity index (χ0) is 15.2. The second-order valence-corrected chi connectivity index (χ2v) is 4.82. The molecule has 0 saturated heterocycles. The average Bonchev–Trinajstić information content (AvgIpc) is 2.48. The van der Waals surface area contributed by atoms with Crippen molar-refractivity contribution < 1.29 is 14.5 Å². The number of benzene rings is 1. The molecule has 1 aromatic carbocycles. The fourth-order valence-corrected chi connectivity index (χ4v) is 1.91. The van der Waals surface area contributed by atoms with Gasteiger partial charge in [-0.15, -0.1) is 0 Å². The summed E-state index contributed by atoms with van der Waals surface area (Å²) >= 11 is 3.10. The molecule has 0 saturated carbocycles. The number of carbonyl (C=O) groups is 1. The van der Waals surface area contributed by atoms with Gasteiger partial charge in [0, 0.05) is 6.07 Å². The molecule has 2 rings (SSSR count). The van der Waals surface area contributed by atoms with Crippen LogP contribution in [0.25, 0.3) is 0 Å². The van der Waals surface area contributed by atoms with Crippen molar-refractivity contribution in [1.82, 2.24) is 4.98 Å². The molecule has 0 atom stereocenters. The van der Waals surface area contributed by atoms with Gasteiger partial charge in [-0.2, -0.15) is 0 Å². The number of halogens is 1. The summed E-state index contributed by atoms with van der Waals surface area (Å²) in [4.78, 5) is 25.4. The molecular formula is C13H10BrN3O4. The van der Waals surface area contributed by atoms with E-state index in [9.17, 15) is 14.9 Å². The first-order valence-electron chi connectivity index (χ1n) is 5.84. The van der Waals surface area contributed by atoms with Crippen molar-refractivity contribution in [3.63, 3.8) is 0 Å². The molecule has 0 bridgehead atoms. The van der Waals surface area contributed by atoms with Crippen molar-refractivity contribution in [3.05, 3.63) is 62.7 Å². The van der Waals surface area contributed by atoms with Gasteiger partial charge in [0.1, 0.15) is 18.6 Å². The summed E-state index contributed by atoms with van der Waals surface area (Å²) in [6, 6.07) is 10.4. The van der Waals surface area contributed by atoms with Crippen LogP contribution < -0.4 is 5.32 Å². The van der Waals surface area contributed by atoms with E-state index in [1.165, 1.54) is 6.07 Å². The smallest absolute Gasteiger partial charge is 0.413 e. The molecule has 0 aliphatic heterocycles. The Morgan fingerprint density at radius 1 is 1.38 bits per heavy atom. The highest BCUT2D eigenvalue weighted by Gasteiger charge is 2.13. The molecule has 0 radical (unpaired) electrons. The van der Waals surface area contributed by atoms with Gasteiger partial charge in [0.05, 0.1) is 9.40 Å². The summed E-state index contributed by atoms with van der Waals surface area (Å²) in [6.07, 6.45) is 0.360. The number of aromatic nitrogens is 1. The maximum absolute atomic E-state index is 11.6. The van der Waals surface area contributed by atoms with E-state index in [1.807, 2.05) is 30.3 Å². The van der Waals surface area contributed by atoms with Crippen molar-refractivity contribution >= 4 is 33.5 Å². The molecule has 1 aromatic heterocycles. The highest BCUT2D eigenvalue weighted by Crippen LogP contribution is 2.24. The van der Waals surface area contributed by atoms with Crippen LogP contribution in [0.2, 0.25) is 0 Å². The lowest BCUT2D eigenvalue weighted by atomic mass is 10.2. The Labute approximate surface area is 128 Å². The maximum atomic E-state index is 11.6. The first-order valence-corrected chi connectivity index (χ1v) is 6.63. The first-order chi connectivity index (χ1) is 10.1. The van der Waals surface area contributed by atoms with Gasteiger partial charge in [-0.3, -0.25) is 15.4 Å². The number of carbonyl (C=O) groups excluding carboxylic acids is 1. The molecule has 8 heteroatoms. The number of amides is 1. The van der Waals surface area contributed by atoms with Crippen LogP contribution in [0, 0.1) is 10.1 Å². The third-order valence-corrected chi connectivity index (χ3v) is 3.08. The Kier molecular flexibility index (Phi) is 4.83. The number of nitro groups is 1. The Balaban J connectivity index is 1.95. The van der Waals surface area contributed by atoms with Crippen molar-refractivity contribution in [2.45, 2.75) is 6.61 Å². The second kappa shape index (κ2) is 6.80. The highest BCUT2D eigenvalue weighted by atomic mass is 79.9. The minimum absolute atomic E-state index is 0.122. The molecule has 0 aliphatic carbocycles. The minimum Gasteiger partial charge on any atom is -0.444 e. The number of ether oxygens (including phenoxy) is 1. The van der Waals surface area contributed by atoms with Gasteiger partial charge in [0.25, 0.3) is 5.69 Å². The largest absolute Gasteiger partial charge is 0.444 e. The third kappa shape index (κ3) is 4.25. The lowest BCUT2D eigenvalue weighted by Crippen LogP contribution is -2.15. The van der Waals surface area contributed by atoms with Gasteiger partial charge in [-0.1, -0.05) is 30.3 Å². The molecule has 7 nitrogen and oxygen atoms in total. The van der Waals surface area contributed by atoms with Crippen LogP contribution in [0.4, 0.5) is 16.3 Å². The summed E-state index contributed by atoms with van der Waals surface area (Å²) in [5.74, 6) is 0.152. The van der Waals surface area contributed by atoms with Crippen LogP contribution in [0.5, 0.6) is 0 Å². The van der Waals surface area contributed by atoms with Crippen LogP contribution in [-0.2, 0) is 11.3 Å². The molecule has 2 aromatic rings. The Morgan fingerprint density at radius 2 is 2.10 bits per heavy atom. The summed E-state index contributed by atoms with van der Waals surface area (Å²) in [7, 11) is 0. The Bertz CT molecular complexity index is 664. The van der Waals surface area contributed by atoms with Gasteiger partial charge in [-0.25, -0.2) is 9.78 Å². The molecule has 0 spiro atoms. The molecule has 108 valence electrons. The van der Waals surface area contributed by atoms with E-state index in [2.05, 4.69) is 26.2 Å². The zero-order valence-electron chi connectivity index (χ0n) is 10.7. The molecule has 1 heterocycles. The van der Waals surface area contributed by atoms with Gasteiger partial charge in [-0.05, 0) is 21.5 Å². The number of rotatable bonds is 4. The van der Waals surface area contributed by atoms with Crippen LogP contribution in [0.1, 0.15) is 5.56 Å². The summed E-state index contributed by atoms with van der Waals surface area (Å²) < 4.78 is 5.32. The van der Waals surface area contributed by atoms with E-state index in [-0.39, 0.29) is 18.1 Å². The van der Waals surface area contributed by atoms with E-state index in [4.69, 9.17) is 4.74 Å². The monoisotopic (exact) mass is 351 g/mol. The summed E-state index contributed by atoms with van der Waals surface area (Å²) in [6.45, 7) is 0.122. The predicted octanol–water partition coefficient (Wildman–Crippen LogP) is 3.50. The lowest BCUT2D eigenvalue weighted by molar-refractivity contribution is -0.385. The minimum atomic E-state index is -0.694. The fourth-order valence-electron chi connectivity index (χ4n) is 1.48. The Hall–Kier alpha value is -2.48. The third-order valence-electron chi connectivity index (χ3n) is 2.47. The molecular weight excluding hydrogens is 342 g/mol. The van der Waals surface area contributed by atoms with Crippen molar-refractivity contribution in [3.8, 4) is 0 Å². The molecule has 21 heavy (non-hydrogen) atoms. The normalized spacial score (nSPS) is 9.95. The quantitative estimate of drug-likeness (QED) is 0.671. The van der Waals surface area contributed by atoms with Crippen molar-refractivity contribution in [2.24, 2.45) is 0 Å². The van der Waals surface area contributed by atoms with Gasteiger partial charge >= 0.3 is 6.09 Å². The highest BCUT2D eigenvalue weighted by molar-refractivity contribution is 9.10. The maximum Gasteiger partial charge on any atom is 0.413 e. The summed E-state index contributed by atoms with van der Waals surface area (Å²) in [5.41, 5.74) is 0.674. The number of hydrogen-bond donors (Lipinski definition) is 1. The van der Waals surface area contributed by atoms with E-state index >= 15 is 0 Å². The zero-order valence-corrected chi connectivity index (χ0v) is 12.2. The molecule has 1 amide bonds. The van der Waals surface area contributed by atoms with Crippen LogP contribution in [-0.4, -0.2) is 16.0 Å². The summed E-state index contributed by atoms with van der Waals surface area (Å²) in [5, 5.41) is 13.0. The number of nitrogens with one attached hydrogen (secondary N) is 1. The Morgan fingerprint density at radius 3 is 2.71 bits per heavy atom. The number of anilines is 1. The number of pyridine rings is 1. The topological polar surface area (TPSA) is 94.4 Å². The van der Waals surface area contributed by atoms with Crippen LogP contribution >= 0.6 is 15.9 Å². The number of nitrogens with zero attached hydrogens (tertiary/aromatic N) is 2. The first kappa shape index (κ1) is 14.9. The van der Waals surface area contributed by atoms with Gasteiger partial charge in [0.2, 0.25) is 0 Å². The molecule has 0 unspecified atom stereocenters. The van der Waals surface area contributed by atoms with Gasteiger partial charge < -0.3 is 4.74 Å². The molecule has 0 fully saturated rings. The molecule has 1 N–H and O–H groups in total. The van der Waals surface area contributed by atoms with Crippen LogP contribution in [0.15, 0.2) is 47.1 Å². The molecule has 0 aliphatic rings.